The molecule has 0 bridgehead atoms. The fourth-order valence-electron chi connectivity index (χ4n) is 3.51. The Balaban J connectivity index is 1.51. The number of likely N-dealkylation sites (tertiary alicyclic amines) is 1. The van der Waals surface area contributed by atoms with Crippen LogP contribution in [0.25, 0.3) is 0 Å². The predicted octanol–water partition coefficient (Wildman–Crippen LogP) is 2.55. The normalized spacial score (nSPS) is 24.8. The molecular weight excluding hydrogens is 310 g/mol. The van der Waals surface area contributed by atoms with Crippen molar-refractivity contribution in [3.63, 3.8) is 0 Å². The van der Waals surface area contributed by atoms with Crippen LogP contribution >= 0.6 is 11.6 Å². The molecule has 0 unspecified atom stereocenters. The van der Waals surface area contributed by atoms with Crippen LogP contribution in [-0.4, -0.2) is 36.0 Å². The number of halogens is 1. The molecule has 1 aromatic rings. The SMILES string of the molecule is NC[C@H]1CC[C@@H](CC(=O)NCc2ccccc2Cl)N1CC1CC1. The van der Waals surface area contributed by atoms with Crippen molar-refractivity contribution in [1.82, 2.24) is 10.2 Å². The van der Waals surface area contributed by atoms with E-state index in [4.69, 9.17) is 17.3 Å². The fraction of sp³-hybridized carbons (Fsp3) is 0.611. The van der Waals surface area contributed by atoms with Gasteiger partial charge in [0.1, 0.15) is 0 Å². The Morgan fingerprint density at radius 2 is 1.96 bits per heavy atom. The monoisotopic (exact) mass is 335 g/mol. The number of nitrogens with one attached hydrogen (secondary N) is 1. The molecule has 4 nitrogen and oxygen atoms in total. The number of benzene rings is 1. The van der Waals surface area contributed by atoms with Gasteiger partial charge in [0.2, 0.25) is 5.91 Å². The van der Waals surface area contributed by atoms with Gasteiger partial charge < -0.3 is 11.1 Å². The number of nitrogens with two attached hydrogens (primary N) is 1. The Morgan fingerprint density at radius 3 is 2.65 bits per heavy atom. The molecule has 0 aromatic heterocycles. The van der Waals surface area contributed by atoms with Gasteiger partial charge >= 0.3 is 0 Å². The van der Waals surface area contributed by atoms with E-state index in [-0.39, 0.29) is 5.91 Å². The molecule has 23 heavy (non-hydrogen) atoms. The van der Waals surface area contributed by atoms with E-state index in [1.165, 1.54) is 12.8 Å². The molecule has 3 N–H and O–H groups in total. The first kappa shape index (κ1) is 16.7. The van der Waals surface area contributed by atoms with E-state index in [1.807, 2.05) is 24.3 Å². The number of hydrogen-bond donors (Lipinski definition) is 2. The van der Waals surface area contributed by atoms with Crippen molar-refractivity contribution < 1.29 is 4.79 Å². The number of rotatable bonds is 7. The van der Waals surface area contributed by atoms with Crippen LogP contribution in [-0.2, 0) is 11.3 Å². The molecule has 1 amide bonds. The van der Waals surface area contributed by atoms with E-state index in [2.05, 4.69) is 10.2 Å². The van der Waals surface area contributed by atoms with Gasteiger partial charge in [-0.3, -0.25) is 9.69 Å². The summed E-state index contributed by atoms with van der Waals surface area (Å²) in [4.78, 5) is 14.8. The van der Waals surface area contributed by atoms with Crippen molar-refractivity contribution in [3.05, 3.63) is 34.9 Å². The lowest BCUT2D eigenvalue weighted by atomic mass is 10.1. The minimum Gasteiger partial charge on any atom is -0.352 e. The Kier molecular flexibility index (Phi) is 5.57. The molecule has 2 aliphatic rings. The van der Waals surface area contributed by atoms with Gasteiger partial charge in [0.25, 0.3) is 0 Å². The van der Waals surface area contributed by atoms with Crippen LogP contribution in [0.5, 0.6) is 0 Å². The van der Waals surface area contributed by atoms with Crippen LogP contribution in [0, 0.1) is 5.92 Å². The maximum Gasteiger partial charge on any atom is 0.221 e. The van der Waals surface area contributed by atoms with Gasteiger partial charge in [-0.05, 0) is 43.2 Å². The van der Waals surface area contributed by atoms with Crippen LogP contribution in [0.3, 0.4) is 0 Å². The molecule has 1 saturated heterocycles. The topological polar surface area (TPSA) is 58.4 Å². The first-order valence-corrected chi connectivity index (χ1v) is 9.01. The largest absolute Gasteiger partial charge is 0.352 e. The number of carbonyl (C=O) groups is 1. The number of amides is 1. The molecule has 1 aliphatic carbocycles. The Hall–Kier alpha value is -1.10. The van der Waals surface area contributed by atoms with E-state index in [0.29, 0.717) is 36.6 Å². The summed E-state index contributed by atoms with van der Waals surface area (Å²) in [5.74, 6) is 0.934. The smallest absolute Gasteiger partial charge is 0.221 e. The molecular formula is C18H26ClN3O. The van der Waals surface area contributed by atoms with Gasteiger partial charge in [0.05, 0.1) is 0 Å². The van der Waals surface area contributed by atoms with Crippen molar-refractivity contribution in [2.75, 3.05) is 13.1 Å². The molecule has 2 fully saturated rings. The quantitative estimate of drug-likeness (QED) is 0.805. The molecule has 1 saturated carbocycles. The summed E-state index contributed by atoms with van der Waals surface area (Å²) >= 11 is 6.13. The van der Waals surface area contributed by atoms with Crippen molar-refractivity contribution in [2.24, 2.45) is 11.7 Å². The summed E-state index contributed by atoms with van der Waals surface area (Å²) in [5.41, 5.74) is 6.87. The average molecular weight is 336 g/mol. The van der Waals surface area contributed by atoms with Gasteiger partial charge in [0.15, 0.2) is 0 Å². The highest BCUT2D eigenvalue weighted by Gasteiger charge is 2.37. The Bertz CT molecular complexity index is 547. The second-order valence-corrected chi connectivity index (χ2v) is 7.24. The predicted molar refractivity (Wildman–Crippen MR) is 93.2 cm³/mol. The van der Waals surface area contributed by atoms with Crippen LogP contribution in [0.4, 0.5) is 0 Å². The highest BCUT2D eigenvalue weighted by atomic mass is 35.5. The van der Waals surface area contributed by atoms with Gasteiger partial charge in [-0.1, -0.05) is 29.8 Å². The van der Waals surface area contributed by atoms with Gasteiger partial charge in [-0.25, -0.2) is 0 Å². The lowest BCUT2D eigenvalue weighted by molar-refractivity contribution is -0.122. The summed E-state index contributed by atoms with van der Waals surface area (Å²) in [6, 6.07) is 8.43. The van der Waals surface area contributed by atoms with Crippen molar-refractivity contribution >= 4 is 17.5 Å². The van der Waals surface area contributed by atoms with Crippen molar-refractivity contribution in [3.8, 4) is 0 Å². The third-order valence-corrected chi connectivity index (χ3v) is 5.43. The maximum absolute atomic E-state index is 12.3. The highest BCUT2D eigenvalue weighted by molar-refractivity contribution is 6.31. The molecule has 1 aromatic carbocycles. The minimum absolute atomic E-state index is 0.105. The lowest BCUT2D eigenvalue weighted by Crippen LogP contribution is -2.43. The Labute approximate surface area is 143 Å². The zero-order valence-electron chi connectivity index (χ0n) is 13.5. The third kappa shape index (κ3) is 4.46. The highest BCUT2D eigenvalue weighted by Crippen LogP contribution is 2.35. The zero-order chi connectivity index (χ0) is 16.2. The number of nitrogens with zero attached hydrogens (tertiary/aromatic N) is 1. The second kappa shape index (κ2) is 7.65. The van der Waals surface area contributed by atoms with E-state index >= 15 is 0 Å². The second-order valence-electron chi connectivity index (χ2n) is 6.83. The summed E-state index contributed by atoms with van der Waals surface area (Å²) in [6.07, 6.45) is 5.42. The van der Waals surface area contributed by atoms with E-state index in [0.717, 1.165) is 30.9 Å². The molecule has 0 radical (unpaired) electrons. The molecule has 0 spiro atoms. The fourth-order valence-corrected chi connectivity index (χ4v) is 3.71. The van der Waals surface area contributed by atoms with Gasteiger partial charge in [-0.15, -0.1) is 0 Å². The van der Waals surface area contributed by atoms with Crippen molar-refractivity contribution in [1.29, 1.82) is 0 Å². The zero-order valence-corrected chi connectivity index (χ0v) is 14.3. The third-order valence-electron chi connectivity index (χ3n) is 5.06. The van der Waals surface area contributed by atoms with Crippen LogP contribution in [0.2, 0.25) is 5.02 Å². The number of hydrogen-bond acceptors (Lipinski definition) is 3. The molecule has 2 atom stereocenters. The van der Waals surface area contributed by atoms with Crippen molar-refractivity contribution in [2.45, 2.75) is 50.7 Å². The van der Waals surface area contributed by atoms with E-state index in [9.17, 15) is 4.79 Å². The first-order chi connectivity index (χ1) is 11.2. The summed E-state index contributed by atoms with van der Waals surface area (Å²) in [5, 5.41) is 3.71. The van der Waals surface area contributed by atoms with Crippen LogP contribution < -0.4 is 11.1 Å². The number of carbonyl (C=O) groups excluding carboxylic acids is 1. The molecule has 1 heterocycles. The van der Waals surface area contributed by atoms with Crippen LogP contribution in [0.15, 0.2) is 24.3 Å². The minimum atomic E-state index is 0.105. The average Bonchev–Trinajstić information content (AvgIpc) is 3.29. The standard InChI is InChI=1S/C18H26ClN3O/c19-17-4-2-1-3-14(17)11-21-18(23)9-15-7-8-16(10-20)22(15)12-13-5-6-13/h1-4,13,15-16H,5-12,20H2,(H,21,23)/t15-,16+/m0/s1. The molecule has 3 rings (SSSR count). The molecule has 1 aliphatic heterocycles. The van der Waals surface area contributed by atoms with Gasteiger partial charge in [-0.2, -0.15) is 0 Å². The summed E-state index contributed by atoms with van der Waals surface area (Å²) < 4.78 is 0. The van der Waals surface area contributed by atoms with Gasteiger partial charge in [0, 0.05) is 43.2 Å². The molecule has 5 heteroatoms. The maximum atomic E-state index is 12.3. The van der Waals surface area contributed by atoms with E-state index < -0.39 is 0 Å². The summed E-state index contributed by atoms with van der Waals surface area (Å²) in [6.45, 7) is 2.31. The summed E-state index contributed by atoms with van der Waals surface area (Å²) in [7, 11) is 0. The molecule has 126 valence electrons. The van der Waals surface area contributed by atoms with E-state index in [1.54, 1.807) is 0 Å². The van der Waals surface area contributed by atoms with Crippen LogP contribution in [0.1, 0.15) is 37.7 Å². The first-order valence-electron chi connectivity index (χ1n) is 8.63. The lowest BCUT2D eigenvalue weighted by Gasteiger charge is -2.29. The Morgan fingerprint density at radius 1 is 1.22 bits per heavy atom.